The van der Waals surface area contributed by atoms with Gasteiger partial charge >= 0.3 is 0 Å². The second kappa shape index (κ2) is 7.59. The highest BCUT2D eigenvalue weighted by Crippen LogP contribution is 2.33. The lowest BCUT2D eigenvalue weighted by atomic mass is 10.1. The van der Waals surface area contributed by atoms with Gasteiger partial charge in [-0.2, -0.15) is 0 Å². The summed E-state index contributed by atoms with van der Waals surface area (Å²) in [4.78, 5) is 7.70. The van der Waals surface area contributed by atoms with Crippen LogP contribution in [-0.2, 0) is 13.0 Å². The van der Waals surface area contributed by atoms with Gasteiger partial charge in [0.05, 0.1) is 22.7 Å². The molecule has 4 rings (SSSR count). The number of nitrogens with one attached hydrogen (secondary N) is 1. The quantitative estimate of drug-likeness (QED) is 0.435. The second-order valence-electron chi connectivity index (χ2n) is 6.84. The number of fused-ring (bicyclic) bond motifs is 1. The lowest BCUT2D eigenvalue weighted by Crippen LogP contribution is -2.14. The highest BCUT2D eigenvalue weighted by molar-refractivity contribution is 6.36. The molecule has 28 heavy (non-hydrogen) atoms. The molecule has 4 aromatic rings. The van der Waals surface area contributed by atoms with E-state index in [1.807, 2.05) is 23.8 Å². The Hall–Kier alpha value is -2.34. The molecule has 0 fully saturated rings. The fraction of sp³-hybridized carbons (Fsp3) is 0.190. The van der Waals surface area contributed by atoms with Crippen molar-refractivity contribution in [2.75, 3.05) is 0 Å². The Morgan fingerprint density at radius 3 is 2.79 bits per heavy atom. The van der Waals surface area contributed by atoms with Crippen molar-refractivity contribution in [1.82, 2.24) is 14.5 Å². The molecule has 0 aliphatic heterocycles. The molecular formula is C21H19Cl2FN4. The number of aromatic amines is 1. The third-order valence-electron chi connectivity index (χ3n) is 4.85. The number of rotatable bonds is 5. The van der Waals surface area contributed by atoms with Gasteiger partial charge in [0, 0.05) is 40.3 Å². The van der Waals surface area contributed by atoms with Crippen LogP contribution in [0.25, 0.3) is 22.2 Å². The van der Waals surface area contributed by atoms with Crippen molar-refractivity contribution in [3.8, 4) is 11.3 Å². The zero-order valence-corrected chi connectivity index (χ0v) is 16.7. The Morgan fingerprint density at radius 2 is 2.04 bits per heavy atom. The lowest BCUT2D eigenvalue weighted by molar-refractivity contribution is 0.625. The summed E-state index contributed by atoms with van der Waals surface area (Å²) < 4.78 is 15.4. The van der Waals surface area contributed by atoms with Crippen molar-refractivity contribution in [3.63, 3.8) is 0 Å². The minimum atomic E-state index is -0.251. The first-order valence-corrected chi connectivity index (χ1v) is 9.71. The molecule has 0 saturated carbocycles. The Balaban J connectivity index is 1.65. The summed E-state index contributed by atoms with van der Waals surface area (Å²) in [5, 5.41) is 2.13. The Morgan fingerprint density at radius 1 is 1.21 bits per heavy atom. The van der Waals surface area contributed by atoms with E-state index in [0.29, 0.717) is 16.6 Å². The van der Waals surface area contributed by atoms with Crippen LogP contribution in [0, 0.1) is 5.82 Å². The maximum atomic E-state index is 13.4. The average Bonchev–Trinajstić information content (AvgIpc) is 3.23. The van der Waals surface area contributed by atoms with Crippen LogP contribution in [0.1, 0.15) is 24.2 Å². The van der Waals surface area contributed by atoms with Crippen molar-refractivity contribution in [1.29, 1.82) is 0 Å². The number of hydrogen-bond acceptors (Lipinski definition) is 2. The zero-order chi connectivity index (χ0) is 19.8. The summed E-state index contributed by atoms with van der Waals surface area (Å²) >= 11 is 12.4. The maximum absolute atomic E-state index is 13.4. The highest BCUT2D eigenvalue weighted by atomic mass is 35.5. The molecule has 0 unspecified atom stereocenters. The van der Waals surface area contributed by atoms with Crippen molar-refractivity contribution in [2.45, 2.75) is 25.9 Å². The fourth-order valence-corrected chi connectivity index (χ4v) is 4.04. The van der Waals surface area contributed by atoms with Crippen molar-refractivity contribution in [2.24, 2.45) is 5.73 Å². The van der Waals surface area contributed by atoms with Gasteiger partial charge in [-0.1, -0.05) is 23.2 Å². The molecule has 1 atom stereocenters. The summed E-state index contributed by atoms with van der Waals surface area (Å²) in [6.07, 6.45) is 4.46. The summed E-state index contributed by atoms with van der Waals surface area (Å²) in [6.45, 7) is 2.62. The fourth-order valence-electron chi connectivity index (χ4n) is 3.54. The summed E-state index contributed by atoms with van der Waals surface area (Å²) in [7, 11) is 0. The minimum absolute atomic E-state index is 0.221. The molecule has 7 heteroatoms. The summed E-state index contributed by atoms with van der Waals surface area (Å²) in [5.41, 5.74) is 10.6. The molecule has 0 aliphatic rings. The predicted molar refractivity (Wildman–Crippen MR) is 112 cm³/mol. The molecule has 4 nitrogen and oxygen atoms in total. The smallest absolute Gasteiger partial charge is 0.125 e. The van der Waals surface area contributed by atoms with Gasteiger partial charge in [0.1, 0.15) is 5.82 Å². The molecule has 0 amide bonds. The third-order valence-corrected chi connectivity index (χ3v) is 5.40. The van der Waals surface area contributed by atoms with Gasteiger partial charge in [0.15, 0.2) is 0 Å². The maximum Gasteiger partial charge on any atom is 0.125 e. The van der Waals surface area contributed by atoms with Gasteiger partial charge in [0.2, 0.25) is 0 Å². The molecule has 144 valence electrons. The normalized spacial score (nSPS) is 12.6. The first-order valence-electron chi connectivity index (χ1n) is 8.95. The Labute approximate surface area is 172 Å². The van der Waals surface area contributed by atoms with Crippen molar-refractivity contribution in [3.05, 3.63) is 76.0 Å². The molecule has 2 heterocycles. The van der Waals surface area contributed by atoms with Crippen LogP contribution < -0.4 is 5.73 Å². The lowest BCUT2D eigenvalue weighted by Gasteiger charge is -2.14. The number of nitrogens with two attached hydrogens (primary N) is 1. The number of halogens is 3. The van der Waals surface area contributed by atoms with Crippen LogP contribution in [0.15, 0.2) is 48.9 Å². The van der Waals surface area contributed by atoms with E-state index in [2.05, 4.69) is 9.97 Å². The van der Waals surface area contributed by atoms with Gasteiger partial charge in [-0.3, -0.25) is 0 Å². The van der Waals surface area contributed by atoms with Gasteiger partial charge in [-0.05, 0) is 55.3 Å². The molecule has 0 saturated heterocycles. The molecule has 2 aromatic heterocycles. The van der Waals surface area contributed by atoms with Crippen LogP contribution in [0.3, 0.4) is 0 Å². The number of imidazole rings is 1. The van der Waals surface area contributed by atoms with Gasteiger partial charge in [0.25, 0.3) is 0 Å². The van der Waals surface area contributed by atoms with Gasteiger partial charge in [-0.25, -0.2) is 9.37 Å². The summed E-state index contributed by atoms with van der Waals surface area (Å²) in [5.74, 6) is -0.251. The third kappa shape index (κ3) is 3.53. The first-order chi connectivity index (χ1) is 13.4. The van der Waals surface area contributed by atoms with E-state index in [-0.39, 0.29) is 11.9 Å². The molecule has 2 aromatic carbocycles. The first kappa shape index (κ1) is 19.0. The van der Waals surface area contributed by atoms with Gasteiger partial charge < -0.3 is 15.3 Å². The standard InChI is InChI=1S/C21H19Cl2FN4/c1-12(25)21-20(17-4-2-14(22)8-18(17)23)27-11-28(21)7-6-13-10-26-19-9-15(24)3-5-16(13)19/h2-5,8-12,26H,6-7,25H2,1H3/t12-/m0/s1. The van der Waals surface area contributed by atoms with E-state index in [1.165, 1.54) is 12.1 Å². The molecule has 0 spiro atoms. The second-order valence-corrected chi connectivity index (χ2v) is 7.68. The average molecular weight is 417 g/mol. The number of nitrogens with zero attached hydrogens (tertiary/aromatic N) is 2. The van der Waals surface area contributed by atoms with Crippen molar-refractivity contribution < 1.29 is 4.39 Å². The minimum Gasteiger partial charge on any atom is -0.361 e. The Bertz CT molecular complexity index is 1150. The van der Waals surface area contributed by atoms with E-state index in [1.54, 1.807) is 24.5 Å². The monoisotopic (exact) mass is 416 g/mol. The molecule has 3 N–H and O–H groups in total. The van der Waals surface area contributed by atoms with E-state index in [4.69, 9.17) is 28.9 Å². The van der Waals surface area contributed by atoms with Crippen LogP contribution in [0.5, 0.6) is 0 Å². The van der Waals surface area contributed by atoms with E-state index in [0.717, 1.165) is 39.8 Å². The van der Waals surface area contributed by atoms with Crippen LogP contribution in [0.4, 0.5) is 4.39 Å². The largest absolute Gasteiger partial charge is 0.361 e. The number of H-pyrrole nitrogens is 1. The van der Waals surface area contributed by atoms with E-state index < -0.39 is 0 Å². The molecule has 0 bridgehead atoms. The number of hydrogen-bond donors (Lipinski definition) is 2. The highest BCUT2D eigenvalue weighted by Gasteiger charge is 2.19. The summed E-state index contributed by atoms with van der Waals surface area (Å²) in [6, 6.07) is 9.91. The van der Waals surface area contributed by atoms with E-state index in [9.17, 15) is 4.39 Å². The topological polar surface area (TPSA) is 59.6 Å². The zero-order valence-electron chi connectivity index (χ0n) is 15.2. The molecule has 0 radical (unpaired) electrons. The Kier molecular flexibility index (Phi) is 5.15. The number of aromatic nitrogens is 3. The van der Waals surface area contributed by atoms with Crippen molar-refractivity contribution >= 4 is 34.1 Å². The van der Waals surface area contributed by atoms with Crippen LogP contribution in [-0.4, -0.2) is 14.5 Å². The SMILES string of the molecule is C[C@H](N)c1c(-c2ccc(Cl)cc2Cl)ncn1CCc1c[nH]c2cc(F)ccc12. The van der Waals surface area contributed by atoms with Gasteiger partial charge in [-0.15, -0.1) is 0 Å². The van der Waals surface area contributed by atoms with Crippen LogP contribution >= 0.6 is 23.2 Å². The number of aryl methyl sites for hydroxylation is 2. The predicted octanol–water partition coefficient (Wildman–Crippen LogP) is 5.74. The molecular weight excluding hydrogens is 398 g/mol. The molecule has 0 aliphatic carbocycles. The number of benzene rings is 2. The van der Waals surface area contributed by atoms with E-state index >= 15 is 0 Å². The van der Waals surface area contributed by atoms with Crippen LogP contribution in [0.2, 0.25) is 10.0 Å².